The zero-order valence-electron chi connectivity index (χ0n) is 17.3. The van der Waals surface area contributed by atoms with Crippen molar-refractivity contribution in [3.8, 4) is 34.1 Å². The second-order valence-corrected chi connectivity index (χ2v) is 6.85. The lowest BCUT2D eigenvalue weighted by molar-refractivity contribution is 0.0972. The Kier molecular flexibility index (Phi) is 5.46. The first kappa shape index (κ1) is 20.5. The van der Waals surface area contributed by atoms with Gasteiger partial charge in [0.1, 0.15) is 0 Å². The summed E-state index contributed by atoms with van der Waals surface area (Å²) in [6, 6.07) is 8.35. The minimum atomic E-state index is -0.523. The van der Waals surface area contributed by atoms with E-state index in [1.54, 1.807) is 80.2 Å². The molecule has 0 spiro atoms. The Hall–Kier alpha value is -4.78. The molecule has 0 atom stereocenters. The van der Waals surface area contributed by atoms with Crippen LogP contribution in [0.1, 0.15) is 10.4 Å². The van der Waals surface area contributed by atoms with Crippen molar-refractivity contribution in [3.63, 3.8) is 0 Å². The molecule has 1 aromatic carbocycles. The minimum absolute atomic E-state index is 0.174. The van der Waals surface area contributed by atoms with Gasteiger partial charge in [-0.1, -0.05) is 12.1 Å². The highest BCUT2D eigenvalue weighted by Crippen LogP contribution is 2.31. The van der Waals surface area contributed by atoms with Crippen molar-refractivity contribution in [2.24, 2.45) is 7.05 Å². The highest BCUT2D eigenvalue weighted by atomic mass is 16.1. The third kappa shape index (κ3) is 3.82. The summed E-state index contributed by atoms with van der Waals surface area (Å²) in [5.41, 5.74) is 3.46. The van der Waals surface area contributed by atoms with Gasteiger partial charge in [0.05, 0.1) is 17.4 Å². The summed E-state index contributed by atoms with van der Waals surface area (Å²) < 4.78 is 3.03. The Bertz CT molecular complexity index is 1400. The van der Waals surface area contributed by atoms with Crippen LogP contribution < -0.4 is 16.2 Å². The minimum Gasteiger partial charge on any atom is -0.357 e. The van der Waals surface area contributed by atoms with Gasteiger partial charge in [0, 0.05) is 61.6 Å². The second kappa shape index (κ2) is 8.53. The van der Waals surface area contributed by atoms with E-state index in [0.29, 0.717) is 28.3 Å². The highest BCUT2D eigenvalue weighted by molar-refractivity contribution is 5.98. The Morgan fingerprint density at radius 3 is 2.53 bits per heavy atom. The van der Waals surface area contributed by atoms with Crippen molar-refractivity contribution in [3.05, 3.63) is 77.2 Å². The Morgan fingerprint density at radius 1 is 1.06 bits per heavy atom. The van der Waals surface area contributed by atoms with Gasteiger partial charge in [0.15, 0.2) is 6.19 Å². The molecule has 4 aromatic rings. The van der Waals surface area contributed by atoms with Crippen LogP contribution in [0, 0.1) is 11.5 Å². The molecule has 2 N–H and O–H groups in total. The molecule has 0 aliphatic carbocycles. The molecule has 3 heterocycles. The van der Waals surface area contributed by atoms with E-state index in [9.17, 15) is 9.59 Å². The van der Waals surface area contributed by atoms with Gasteiger partial charge in [-0.3, -0.25) is 14.9 Å². The van der Waals surface area contributed by atoms with Crippen molar-refractivity contribution in [1.29, 1.82) is 5.26 Å². The number of hydrogen-bond acceptors (Lipinski definition) is 7. The molecule has 0 unspecified atom stereocenters. The van der Waals surface area contributed by atoms with Gasteiger partial charge in [-0.25, -0.2) is 14.6 Å². The first-order valence-electron chi connectivity index (χ1n) is 9.56. The van der Waals surface area contributed by atoms with Crippen molar-refractivity contribution in [1.82, 2.24) is 29.6 Å². The number of pyridine rings is 1. The van der Waals surface area contributed by atoms with Crippen LogP contribution in [0.4, 0.5) is 5.95 Å². The topological polar surface area (TPSA) is 131 Å². The average molecular weight is 426 g/mol. The molecule has 3 aromatic heterocycles. The summed E-state index contributed by atoms with van der Waals surface area (Å²) >= 11 is 0. The molecule has 10 nitrogen and oxygen atoms in total. The van der Waals surface area contributed by atoms with Gasteiger partial charge in [-0.05, 0) is 17.7 Å². The van der Waals surface area contributed by atoms with E-state index in [-0.39, 0.29) is 5.56 Å². The van der Waals surface area contributed by atoms with E-state index in [0.717, 1.165) is 11.1 Å². The lowest BCUT2D eigenvalue weighted by Crippen LogP contribution is -2.19. The van der Waals surface area contributed by atoms with Crippen LogP contribution in [0.25, 0.3) is 27.9 Å². The molecule has 0 radical (unpaired) electrons. The van der Waals surface area contributed by atoms with Crippen molar-refractivity contribution < 1.29 is 4.79 Å². The summed E-state index contributed by atoms with van der Waals surface area (Å²) in [6.45, 7) is 0. The van der Waals surface area contributed by atoms with Crippen LogP contribution in [0.5, 0.6) is 0 Å². The third-order valence-corrected chi connectivity index (χ3v) is 4.87. The average Bonchev–Trinajstić information content (AvgIpc) is 3.31. The lowest BCUT2D eigenvalue weighted by atomic mass is 10.0. The van der Waals surface area contributed by atoms with Crippen molar-refractivity contribution >= 4 is 11.9 Å². The molecule has 158 valence electrons. The number of amides is 1. The van der Waals surface area contributed by atoms with Crippen LogP contribution in [0.15, 0.2) is 66.1 Å². The quantitative estimate of drug-likeness (QED) is 0.368. The Labute approximate surface area is 182 Å². The third-order valence-electron chi connectivity index (χ3n) is 4.87. The van der Waals surface area contributed by atoms with Crippen LogP contribution in [-0.4, -0.2) is 37.3 Å². The molecule has 0 fully saturated rings. The number of hydrogen-bond donors (Lipinski definition) is 2. The fraction of sp³-hybridized carbons (Fsp3) is 0.0909. The molecule has 0 bridgehead atoms. The number of nitrogens with zero attached hydrogens (tertiary/aromatic N) is 6. The van der Waals surface area contributed by atoms with Gasteiger partial charge in [0.2, 0.25) is 5.95 Å². The maximum Gasteiger partial charge on any atom is 0.266 e. The number of carbonyl (C=O) groups is 1. The number of nitriles is 1. The number of anilines is 1. The normalized spacial score (nSPS) is 10.4. The van der Waals surface area contributed by atoms with Crippen LogP contribution >= 0.6 is 0 Å². The predicted molar refractivity (Wildman–Crippen MR) is 118 cm³/mol. The largest absolute Gasteiger partial charge is 0.357 e. The smallest absolute Gasteiger partial charge is 0.266 e. The van der Waals surface area contributed by atoms with Gasteiger partial charge in [0.25, 0.3) is 11.5 Å². The molecule has 10 heteroatoms. The fourth-order valence-electron chi connectivity index (χ4n) is 3.27. The van der Waals surface area contributed by atoms with Gasteiger partial charge < -0.3 is 9.88 Å². The fourth-order valence-corrected chi connectivity index (χ4v) is 3.27. The molecule has 0 saturated heterocycles. The summed E-state index contributed by atoms with van der Waals surface area (Å²) in [4.78, 5) is 33.1. The van der Waals surface area contributed by atoms with E-state index in [2.05, 4.69) is 25.7 Å². The Morgan fingerprint density at radius 2 is 1.81 bits per heavy atom. The van der Waals surface area contributed by atoms with Crippen molar-refractivity contribution in [2.45, 2.75) is 0 Å². The molecule has 4 rings (SSSR count). The number of benzene rings is 1. The molecule has 32 heavy (non-hydrogen) atoms. The van der Waals surface area contributed by atoms with Crippen molar-refractivity contribution in [2.75, 3.05) is 12.4 Å². The van der Waals surface area contributed by atoms with E-state index in [1.807, 2.05) is 0 Å². The van der Waals surface area contributed by atoms with E-state index in [1.165, 1.54) is 10.6 Å². The van der Waals surface area contributed by atoms with Gasteiger partial charge in [-0.2, -0.15) is 10.4 Å². The number of aryl methyl sites for hydroxylation is 1. The van der Waals surface area contributed by atoms with Gasteiger partial charge in [-0.15, -0.1) is 0 Å². The summed E-state index contributed by atoms with van der Waals surface area (Å²) in [7, 11) is 3.39. The number of aromatic nitrogens is 5. The molecule has 0 aliphatic rings. The first-order chi connectivity index (χ1) is 15.5. The maximum absolute atomic E-state index is 12.3. The molecule has 0 saturated carbocycles. The zero-order valence-corrected chi connectivity index (χ0v) is 17.3. The summed E-state index contributed by atoms with van der Waals surface area (Å²) in [5, 5.41) is 18.2. The number of nitrogens with one attached hydrogen (secondary N) is 2. The molecule has 0 aliphatic heterocycles. The number of rotatable bonds is 5. The van der Waals surface area contributed by atoms with Gasteiger partial charge >= 0.3 is 0 Å². The standard InChI is InChI=1S/C22H18N8O2/c1-24-22-25-8-14(9-26-22)17-7-20(31)29(2)12-18(17)15-10-28-30(11-15)19-6-4-3-5-16(19)21(32)27-13-23/h3-12H,1-2H3,(H,27,32)(H,24,25,26). The highest BCUT2D eigenvalue weighted by Gasteiger charge is 2.16. The summed E-state index contributed by atoms with van der Waals surface area (Å²) in [5.74, 6) is -0.0519. The van der Waals surface area contributed by atoms with E-state index < -0.39 is 5.91 Å². The van der Waals surface area contributed by atoms with Crippen LogP contribution in [-0.2, 0) is 7.05 Å². The van der Waals surface area contributed by atoms with Crippen LogP contribution in [0.2, 0.25) is 0 Å². The van der Waals surface area contributed by atoms with Crippen LogP contribution in [0.3, 0.4) is 0 Å². The SMILES string of the molecule is CNc1ncc(-c2cc(=O)n(C)cc2-c2cnn(-c3ccccc3C(=O)NC#N)c2)cn1. The maximum atomic E-state index is 12.3. The summed E-state index contributed by atoms with van der Waals surface area (Å²) in [6.07, 6.45) is 10.0. The first-order valence-corrected chi connectivity index (χ1v) is 9.56. The molecular formula is C22H18N8O2. The zero-order chi connectivity index (χ0) is 22.7. The Balaban J connectivity index is 1.82. The second-order valence-electron chi connectivity index (χ2n) is 6.85. The lowest BCUT2D eigenvalue weighted by Gasteiger charge is -2.10. The molecular weight excluding hydrogens is 408 g/mol. The molecule has 1 amide bonds. The predicted octanol–water partition coefficient (Wildman–Crippen LogP) is 1.95. The van der Waals surface area contributed by atoms with E-state index >= 15 is 0 Å². The monoisotopic (exact) mass is 426 g/mol. The van der Waals surface area contributed by atoms with E-state index in [4.69, 9.17) is 5.26 Å². The number of carbonyl (C=O) groups excluding carboxylic acids is 1. The number of para-hydroxylation sites is 1.